The van der Waals surface area contributed by atoms with Gasteiger partial charge in [-0.3, -0.25) is 9.59 Å². The van der Waals surface area contributed by atoms with Crippen molar-refractivity contribution in [3.8, 4) is 11.5 Å². The third-order valence-electron chi connectivity index (χ3n) is 7.14. The Bertz CT molecular complexity index is 1390. The van der Waals surface area contributed by atoms with E-state index in [0.717, 1.165) is 47.0 Å². The van der Waals surface area contributed by atoms with Crippen molar-refractivity contribution < 1.29 is 19.1 Å². The lowest BCUT2D eigenvalue weighted by molar-refractivity contribution is 0.101. The van der Waals surface area contributed by atoms with Crippen molar-refractivity contribution in [2.75, 3.05) is 10.6 Å². The van der Waals surface area contributed by atoms with Crippen LogP contribution in [0.15, 0.2) is 107 Å². The number of anilines is 2. The maximum Gasteiger partial charge on any atom is 0.256 e. The van der Waals surface area contributed by atoms with Gasteiger partial charge >= 0.3 is 0 Å². The first-order chi connectivity index (χ1) is 21.4. The zero-order valence-electron chi connectivity index (χ0n) is 25.7. The molecule has 0 bridgehead atoms. The summed E-state index contributed by atoms with van der Waals surface area (Å²) in [5, 5.41) is 5.99. The lowest BCUT2D eigenvalue weighted by atomic mass is 10.2. The topological polar surface area (TPSA) is 76.7 Å². The van der Waals surface area contributed by atoms with Crippen molar-refractivity contribution in [1.82, 2.24) is 0 Å². The first kappa shape index (κ1) is 33.0. The van der Waals surface area contributed by atoms with Crippen LogP contribution in [0.4, 0.5) is 11.4 Å². The van der Waals surface area contributed by atoms with E-state index in [0.29, 0.717) is 22.5 Å². The molecule has 44 heavy (non-hydrogen) atoms. The number of benzene rings is 4. The van der Waals surface area contributed by atoms with E-state index < -0.39 is 0 Å². The predicted molar refractivity (Wildman–Crippen MR) is 183 cm³/mol. The van der Waals surface area contributed by atoms with Crippen LogP contribution in [0, 0.1) is 0 Å². The number of carbonyl (C=O) groups excluding carboxylic acids is 2. The Balaban J connectivity index is 1.39. The van der Waals surface area contributed by atoms with Crippen LogP contribution in [0.1, 0.15) is 74.1 Å². The van der Waals surface area contributed by atoms with Gasteiger partial charge in [-0.25, -0.2) is 0 Å². The van der Waals surface area contributed by atoms with E-state index in [4.69, 9.17) is 9.47 Å². The number of ether oxygens (including phenoxy) is 2. The average Bonchev–Trinajstić information content (AvgIpc) is 3.06. The number of nitrogens with one attached hydrogen (secondary N) is 2. The summed E-state index contributed by atoms with van der Waals surface area (Å²) < 4.78 is 12.0. The van der Waals surface area contributed by atoms with E-state index in [2.05, 4.69) is 38.3 Å². The molecule has 0 aliphatic carbocycles. The van der Waals surface area contributed by atoms with E-state index in [1.165, 1.54) is 21.6 Å². The molecule has 0 saturated carbocycles. The second-order valence-electron chi connectivity index (χ2n) is 10.2. The summed E-state index contributed by atoms with van der Waals surface area (Å²) >= 11 is 0. The Hall–Kier alpha value is -3.88. The van der Waals surface area contributed by atoms with Crippen LogP contribution in [0.5, 0.6) is 11.5 Å². The summed E-state index contributed by atoms with van der Waals surface area (Å²) in [6, 6.07) is 29.8. The highest BCUT2D eigenvalue weighted by atomic mass is 33.1. The van der Waals surface area contributed by atoms with Crippen LogP contribution >= 0.6 is 21.6 Å². The molecule has 0 heterocycles. The molecule has 4 aromatic rings. The van der Waals surface area contributed by atoms with Crippen molar-refractivity contribution in [2.24, 2.45) is 0 Å². The minimum Gasteiger partial charge on any atom is -0.490 e. The van der Waals surface area contributed by atoms with E-state index in [1.807, 2.05) is 84.9 Å². The molecule has 4 aromatic carbocycles. The van der Waals surface area contributed by atoms with Gasteiger partial charge in [-0.05, 0) is 98.5 Å². The molecular formula is C36H40N2O4S2. The SMILES string of the molecule is CCC(CC)Oc1ccc(NC(=O)c2ccccc2SSc2ccccc2C(=O)Nc2ccc(OC(CC)CC)cc2)cc1. The summed E-state index contributed by atoms with van der Waals surface area (Å²) in [6.07, 6.45) is 4.13. The molecule has 8 heteroatoms. The molecule has 0 unspecified atom stereocenters. The molecule has 0 aliphatic heterocycles. The molecular weight excluding hydrogens is 589 g/mol. The van der Waals surface area contributed by atoms with Gasteiger partial charge in [0.2, 0.25) is 0 Å². The van der Waals surface area contributed by atoms with Crippen molar-refractivity contribution in [2.45, 2.75) is 75.4 Å². The van der Waals surface area contributed by atoms with Crippen LogP contribution in [0.2, 0.25) is 0 Å². The largest absolute Gasteiger partial charge is 0.490 e. The summed E-state index contributed by atoms with van der Waals surface area (Å²) in [7, 11) is 2.88. The Labute approximate surface area is 268 Å². The number of carbonyl (C=O) groups is 2. The quantitative estimate of drug-likeness (QED) is 0.128. The number of hydrogen-bond acceptors (Lipinski definition) is 6. The molecule has 0 fully saturated rings. The molecule has 2 N–H and O–H groups in total. The van der Waals surface area contributed by atoms with Gasteiger partial charge in [0, 0.05) is 21.2 Å². The monoisotopic (exact) mass is 628 g/mol. The molecule has 4 rings (SSSR count). The smallest absolute Gasteiger partial charge is 0.256 e. The summed E-state index contributed by atoms with van der Waals surface area (Å²) in [4.78, 5) is 28.1. The number of hydrogen-bond donors (Lipinski definition) is 2. The minimum atomic E-state index is -0.204. The molecule has 0 radical (unpaired) electrons. The third kappa shape index (κ3) is 9.31. The number of rotatable bonds is 15. The Morgan fingerprint density at radius 2 is 0.886 bits per heavy atom. The molecule has 0 saturated heterocycles. The van der Waals surface area contributed by atoms with E-state index >= 15 is 0 Å². The Morgan fingerprint density at radius 3 is 1.23 bits per heavy atom. The maximum atomic E-state index is 13.3. The lowest BCUT2D eigenvalue weighted by Gasteiger charge is -2.16. The summed E-state index contributed by atoms with van der Waals surface area (Å²) in [5.41, 5.74) is 2.49. The van der Waals surface area contributed by atoms with Gasteiger partial charge in [-0.15, -0.1) is 0 Å². The zero-order chi connectivity index (χ0) is 31.3. The lowest BCUT2D eigenvalue weighted by Crippen LogP contribution is -2.14. The average molecular weight is 629 g/mol. The van der Waals surface area contributed by atoms with Crippen LogP contribution in [0.25, 0.3) is 0 Å². The van der Waals surface area contributed by atoms with Crippen molar-refractivity contribution in [3.63, 3.8) is 0 Å². The van der Waals surface area contributed by atoms with Gasteiger partial charge in [0.15, 0.2) is 0 Å². The Morgan fingerprint density at radius 1 is 0.545 bits per heavy atom. The highest BCUT2D eigenvalue weighted by Gasteiger charge is 2.16. The molecule has 0 aromatic heterocycles. The van der Waals surface area contributed by atoms with Crippen molar-refractivity contribution in [1.29, 1.82) is 0 Å². The molecule has 0 spiro atoms. The van der Waals surface area contributed by atoms with Crippen LogP contribution in [-0.2, 0) is 0 Å². The highest BCUT2D eigenvalue weighted by Crippen LogP contribution is 2.41. The van der Waals surface area contributed by atoms with Gasteiger partial charge in [0.1, 0.15) is 11.5 Å². The zero-order valence-corrected chi connectivity index (χ0v) is 27.3. The van der Waals surface area contributed by atoms with E-state index in [1.54, 1.807) is 12.1 Å². The van der Waals surface area contributed by atoms with Gasteiger partial charge in [0.05, 0.1) is 23.3 Å². The second kappa shape index (κ2) is 16.8. The van der Waals surface area contributed by atoms with Crippen LogP contribution in [0.3, 0.4) is 0 Å². The molecule has 6 nitrogen and oxygen atoms in total. The fraction of sp³-hybridized carbons (Fsp3) is 0.278. The highest BCUT2D eigenvalue weighted by molar-refractivity contribution is 8.76. The molecule has 2 amide bonds. The Kier molecular flexibility index (Phi) is 12.6. The summed E-state index contributed by atoms with van der Waals surface area (Å²) in [6.45, 7) is 8.43. The third-order valence-corrected chi connectivity index (χ3v) is 9.62. The maximum absolute atomic E-state index is 13.3. The van der Waals surface area contributed by atoms with E-state index in [-0.39, 0.29) is 24.0 Å². The normalized spacial score (nSPS) is 11.0. The first-order valence-corrected chi connectivity index (χ1v) is 17.3. The van der Waals surface area contributed by atoms with Crippen LogP contribution < -0.4 is 20.1 Å². The molecule has 0 aliphatic rings. The fourth-order valence-corrected chi connectivity index (χ4v) is 6.83. The van der Waals surface area contributed by atoms with Crippen molar-refractivity contribution >= 4 is 44.8 Å². The summed E-state index contributed by atoms with van der Waals surface area (Å²) in [5.74, 6) is 1.17. The van der Waals surface area contributed by atoms with Gasteiger partial charge in [0.25, 0.3) is 11.8 Å². The molecule has 230 valence electrons. The van der Waals surface area contributed by atoms with E-state index in [9.17, 15) is 9.59 Å². The number of amides is 2. The van der Waals surface area contributed by atoms with Crippen LogP contribution in [-0.4, -0.2) is 24.0 Å². The van der Waals surface area contributed by atoms with Gasteiger partial charge < -0.3 is 20.1 Å². The predicted octanol–water partition coefficient (Wildman–Crippen LogP) is 10.1. The second-order valence-corrected chi connectivity index (χ2v) is 12.4. The minimum absolute atomic E-state index is 0.179. The van der Waals surface area contributed by atoms with Gasteiger partial charge in [-0.1, -0.05) is 73.5 Å². The standard InChI is InChI=1S/C36H40N2O4S2/c1-5-27(6-2)41-29-21-17-25(18-22-29)37-35(39)31-13-9-11-15-33(31)43-44-34-16-12-10-14-32(34)36(40)38-26-19-23-30(24-20-26)42-28(7-3)8-4/h9-24,27-28H,5-8H2,1-4H3,(H,37,39)(H,38,40). The fourth-order valence-electron chi connectivity index (χ4n) is 4.47. The first-order valence-electron chi connectivity index (χ1n) is 15.1. The van der Waals surface area contributed by atoms with Crippen molar-refractivity contribution in [3.05, 3.63) is 108 Å². The molecule has 0 atom stereocenters. The van der Waals surface area contributed by atoms with Gasteiger partial charge in [-0.2, -0.15) is 0 Å².